The van der Waals surface area contributed by atoms with Gasteiger partial charge in [0, 0.05) is 18.3 Å². The third kappa shape index (κ3) is 8.49. The number of aromatic hydroxyl groups is 1. The van der Waals surface area contributed by atoms with Crippen molar-refractivity contribution in [3.63, 3.8) is 0 Å². The zero-order valence-electron chi connectivity index (χ0n) is 21.2. The van der Waals surface area contributed by atoms with Gasteiger partial charge in [0.25, 0.3) is 0 Å². The number of nitrogens with zero attached hydrogens (tertiary/aromatic N) is 1. The topological polar surface area (TPSA) is 108 Å². The molecule has 2 unspecified atom stereocenters. The molecule has 0 aliphatic heterocycles. The van der Waals surface area contributed by atoms with Gasteiger partial charge >= 0.3 is 6.09 Å². The van der Waals surface area contributed by atoms with Gasteiger partial charge in [-0.15, -0.1) is 6.58 Å². The Kier molecular flexibility index (Phi) is 10.5. The summed E-state index contributed by atoms with van der Waals surface area (Å²) in [4.78, 5) is 41.0. The molecule has 8 nitrogen and oxygen atoms in total. The summed E-state index contributed by atoms with van der Waals surface area (Å²) in [5.74, 6) is -0.689. The van der Waals surface area contributed by atoms with Crippen molar-refractivity contribution in [3.8, 4) is 5.75 Å². The maximum absolute atomic E-state index is 13.7. The fraction of sp³-hybridized carbons (Fsp3) is 0.577. The number of phenolic OH excluding ortho intramolecular Hbond substituents is 1. The molecule has 0 bridgehead atoms. The highest BCUT2D eigenvalue weighted by Gasteiger charge is 2.36. The fourth-order valence-corrected chi connectivity index (χ4v) is 4.39. The van der Waals surface area contributed by atoms with Gasteiger partial charge in [0.2, 0.25) is 11.8 Å². The largest absolute Gasteiger partial charge is 0.508 e. The number of aryl methyl sites for hydroxylation is 1. The van der Waals surface area contributed by atoms with Crippen LogP contribution in [0.2, 0.25) is 0 Å². The number of benzene rings is 1. The number of hydrogen-bond donors (Lipinski definition) is 4. The van der Waals surface area contributed by atoms with E-state index in [9.17, 15) is 19.5 Å². The van der Waals surface area contributed by atoms with Crippen LogP contribution >= 0.6 is 12.6 Å². The van der Waals surface area contributed by atoms with Gasteiger partial charge in [0.15, 0.2) is 0 Å². The monoisotopic (exact) mass is 505 g/mol. The molecule has 0 heterocycles. The molecule has 3 N–H and O–H groups in total. The van der Waals surface area contributed by atoms with Crippen molar-refractivity contribution in [2.45, 2.75) is 83.5 Å². The van der Waals surface area contributed by atoms with Gasteiger partial charge in [-0.3, -0.25) is 9.59 Å². The lowest BCUT2D eigenvalue weighted by molar-refractivity contribution is -0.141. The van der Waals surface area contributed by atoms with Crippen molar-refractivity contribution in [1.29, 1.82) is 0 Å². The molecular formula is C26H39N3O5S. The summed E-state index contributed by atoms with van der Waals surface area (Å²) >= 11 is 4.27. The Morgan fingerprint density at radius 2 is 1.91 bits per heavy atom. The number of rotatable bonds is 9. The summed E-state index contributed by atoms with van der Waals surface area (Å²) in [5, 5.41) is 15.7. The number of alkyl carbamates (subject to hydrolysis) is 1. The summed E-state index contributed by atoms with van der Waals surface area (Å²) in [6.45, 7) is 10.8. The third-order valence-corrected chi connectivity index (χ3v) is 6.19. The predicted octanol–water partition coefficient (Wildman–Crippen LogP) is 4.03. The number of nitrogens with one attached hydrogen (secondary N) is 2. The molecule has 1 saturated carbocycles. The van der Waals surface area contributed by atoms with Gasteiger partial charge < -0.3 is 25.4 Å². The summed E-state index contributed by atoms with van der Waals surface area (Å²) in [6, 6.07) is 2.88. The van der Waals surface area contributed by atoms with Crippen LogP contribution in [0.15, 0.2) is 30.9 Å². The van der Waals surface area contributed by atoms with Gasteiger partial charge in [-0.1, -0.05) is 31.4 Å². The molecule has 0 spiro atoms. The molecule has 1 aliphatic rings. The number of thiol groups is 1. The second kappa shape index (κ2) is 12.9. The van der Waals surface area contributed by atoms with E-state index in [2.05, 4.69) is 29.8 Å². The normalized spacial score (nSPS) is 16.0. The van der Waals surface area contributed by atoms with E-state index < -0.39 is 29.7 Å². The number of carbonyl (C=O) groups excluding carboxylic acids is 3. The summed E-state index contributed by atoms with van der Waals surface area (Å²) in [5.41, 5.74) is 0.404. The van der Waals surface area contributed by atoms with Gasteiger partial charge in [0.1, 0.15) is 23.4 Å². The van der Waals surface area contributed by atoms with Gasteiger partial charge in [-0.2, -0.15) is 12.6 Å². The Labute approximate surface area is 213 Å². The third-order valence-electron chi connectivity index (χ3n) is 5.83. The number of carbonyl (C=O) groups is 3. The first-order valence-electron chi connectivity index (χ1n) is 12.1. The van der Waals surface area contributed by atoms with Crippen molar-refractivity contribution >= 4 is 30.5 Å². The summed E-state index contributed by atoms with van der Waals surface area (Å²) < 4.78 is 5.30. The minimum Gasteiger partial charge on any atom is -0.508 e. The summed E-state index contributed by atoms with van der Waals surface area (Å²) in [7, 11) is 0. The van der Waals surface area contributed by atoms with E-state index in [1.807, 2.05) is 0 Å². The van der Waals surface area contributed by atoms with Crippen LogP contribution in [0.5, 0.6) is 5.75 Å². The second-order valence-electron chi connectivity index (χ2n) is 9.95. The van der Waals surface area contributed by atoms with Gasteiger partial charge in [-0.05, 0) is 63.8 Å². The zero-order chi connectivity index (χ0) is 26.2. The molecule has 1 fully saturated rings. The van der Waals surface area contributed by atoms with Crippen molar-refractivity contribution in [2.75, 3.05) is 12.3 Å². The fourth-order valence-electron chi connectivity index (χ4n) is 4.15. The highest BCUT2D eigenvalue weighted by atomic mass is 32.1. The quantitative estimate of drug-likeness (QED) is 0.299. The van der Waals surface area contributed by atoms with E-state index >= 15 is 0 Å². The Balaban J connectivity index is 2.39. The van der Waals surface area contributed by atoms with E-state index in [0.29, 0.717) is 11.1 Å². The average molecular weight is 506 g/mol. The van der Waals surface area contributed by atoms with Crippen LogP contribution in [-0.4, -0.2) is 57.9 Å². The number of hydrogen-bond acceptors (Lipinski definition) is 6. The average Bonchev–Trinajstić information content (AvgIpc) is 2.78. The van der Waals surface area contributed by atoms with E-state index in [-0.39, 0.29) is 30.0 Å². The molecule has 0 radical (unpaired) electrons. The molecule has 9 heteroatoms. The zero-order valence-corrected chi connectivity index (χ0v) is 22.1. The summed E-state index contributed by atoms with van der Waals surface area (Å²) in [6.07, 6.45) is 5.81. The number of phenols is 1. The predicted molar refractivity (Wildman–Crippen MR) is 140 cm³/mol. The van der Waals surface area contributed by atoms with Crippen molar-refractivity contribution in [1.82, 2.24) is 15.5 Å². The molecule has 0 saturated heterocycles. The number of ether oxygens (including phenoxy) is 1. The van der Waals surface area contributed by atoms with Crippen molar-refractivity contribution < 1.29 is 24.2 Å². The minimum atomic E-state index is -1.02. The Morgan fingerprint density at radius 1 is 1.26 bits per heavy atom. The highest BCUT2D eigenvalue weighted by molar-refractivity contribution is 7.80. The molecule has 2 atom stereocenters. The van der Waals surface area contributed by atoms with Crippen LogP contribution in [-0.2, 0) is 14.3 Å². The molecule has 2 rings (SSSR count). The first-order chi connectivity index (χ1) is 16.5. The van der Waals surface area contributed by atoms with Crippen LogP contribution in [0.3, 0.4) is 0 Å². The molecule has 0 aromatic heterocycles. The number of amides is 3. The van der Waals surface area contributed by atoms with E-state index in [0.717, 1.165) is 32.1 Å². The van der Waals surface area contributed by atoms with Crippen LogP contribution < -0.4 is 10.6 Å². The lowest BCUT2D eigenvalue weighted by Crippen LogP contribution is -2.54. The van der Waals surface area contributed by atoms with Gasteiger partial charge in [-0.25, -0.2) is 4.79 Å². The Bertz CT molecular complexity index is 909. The minimum absolute atomic E-state index is 0.0112. The van der Waals surface area contributed by atoms with Crippen LogP contribution in [0.25, 0.3) is 0 Å². The van der Waals surface area contributed by atoms with Gasteiger partial charge in [0.05, 0.1) is 0 Å². The molecule has 3 amide bonds. The first kappa shape index (κ1) is 28.6. The second-order valence-corrected chi connectivity index (χ2v) is 10.3. The molecule has 1 aliphatic carbocycles. The van der Waals surface area contributed by atoms with Crippen LogP contribution in [0, 0.1) is 6.92 Å². The molecule has 194 valence electrons. The lowest BCUT2D eigenvalue weighted by atomic mass is 9.94. The smallest absolute Gasteiger partial charge is 0.408 e. The highest BCUT2D eigenvalue weighted by Crippen LogP contribution is 2.28. The van der Waals surface area contributed by atoms with E-state index in [1.165, 1.54) is 17.0 Å². The first-order valence-corrected chi connectivity index (χ1v) is 12.7. The SMILES string of the molecule is C=CCN(C(=O)C(CS)NC(=O)OC(C)(C)C)C(C(=O)NC1CCCCC1)c1ccc(O)c(C)c1. The molecule has 35 heavy (non-hydrogen) atoms. The van der Waals surface area contributed by atoms with E-state index in [4.69, 9.17) is 4.74 Å². The molecule has 1 aromatic carbocycles. The van der Waals surface area contributed by atoms with Crippen LogP contribution in [0.1, 0.15) is 70.0 Å². The van der Waals surface area contributed by atoms with Crippen LogP contribution in [0.4, 0.5) is 4.79 Å². The van der Waals surface area contributed by atoms with Crippen molar-refractivity contribution in [3.05, 3.63) is 42.0 Å². The lowest BCUT2D eigenvalue weighted by Gasteiger charge is -2.35. The maximum atomic E-state index is 13.7. The standard InChI is InChI=1S/C26H39N3O5S/c1-6-14-29(24(32)20(16-35)28-25(33)34-26(3,4)5)22(18-12-13-21(30)17(2)15-18)23(31)27-19-10-8-7-9-11-19/h6,12-13,15,19-20,22,30,35H,1,7-11,14,16H2,2-5H3,(H,27,31)(H,28,33). The van der Waals surface area contributed by atoms with E-state index in [1.54, 1.807) is 39.8 Å². The molecule has 1 aromatic rings. The Morgan fingerprint density at radius 3 is 2.46 bits per heavy atom. The molecular weight excluding hydrogens is 466 g/mol. The Hall–Kier alpha value is -2.68. The van der Waals surface area contributed by atoms with Crippen molar-refractivity contribution in [2.24, 2.45) is 0 Å². The maximum Gasteiger partial charge on any atom is 0.408 e.